The van der Waals surface area contributed by atoms with E-state index in [0.717, 1.165) is 0 Å². The van der Waals surface area contributed by atoms with Crippen LogP contribution >= 0.6 is 0 Å². The van der Waals surface area contributed by atoms with Gasteiger partial charge >= 0.3 is 7.12 Å². The van der Waals surface area contributed by atoms with E-state index >= 15 is 0 Å². The molecule has 0 unspecified atom stereocenters. The zero-order valence-corrected chi connectivity index (χ0v) is 6.11. The molecular formula is C6H11BO3. The Kier molecular flexibility index (Phi) is 4.71. The maximum Gasteiger partial charge on any atom is 0.526 e. The molecule has 0 saturated heterocycles. The molecule has 4 heteroatoms. The molecule has 0 radical (unpaired) electrons. The first-order chi connectivity index (χ1) is 4.80. The summed E-state index contributed by atoms with van der Waals surface area (Å²) in [5.74, 6) is 0. The number of rotatable bonds is 1. The lowest BCUT2D eigenvalue weighted by atomic mass is 9.88. The normalized spacial score (nSPS) is 8.00. The van der Waals surface area contributed by atoms with Gasteiger partial charge in [0.05, 0.1) is 6.26 Å². The van der Waals surface area contributed by atoms with Crippen LogP contribution in [-0.4, -0.2) is 17.2 Å². The molecule has 1 rings (SSSR count). The van der Waals surface area contributed by atoms with Crippen molar-refractivity contribution in [3.05, 3.63) is 18.4 Å². The molecule has 0 aliphatic rings. The van der Waals surface area contributed by atoms with Gasteiger partial charge in [0.1, 0.15) is 5.66 Å². The molecule has 1 aromatic heterocycles. The molecule has 0 saturated carbocycles. The summed E-state index contributed by atoms with van der Waals surface area (Å²) in [4.78, 5) is 0. The van der Waals surface area contributed by atoms with Crippen molar-refractivity contribution >= 4 is 12.8 Å². The monoisotopic (exact) mass is 142 g/mol. The highest BCUT2D eigenvalue weighted by Gasteiger charge is 2.12. The summed E-state index contributed by atoms with van der Waals surface area (Å²) in [6, 6.07) is 3.08. The summed E-state index contributed by atoms with van der Waals surface area (Å²) < 4.78 is 4.59. The Morgan fingerprint density at radius 3 is 2.20 bits per heavy atom. The second kappa shape index (κ2) is 5.08. The largest absolute Gasteiger partial charge is 0.526 e. The van der Waals surface area contributed by atoms with E-state index in [0.29, 0.717) is 0 Å². The van der Waals surface area contributed by atoms with E-state index in [2.05, 4.69) is 4.42 Å². The fourth-order valence-electron chi connectivity index (χ4n) is 0.438. The Hall–Kier alpha value is -0.735. The molecule has 0 aromatic carbocycles. The van der Waals surface area contributed by atoms with Crippen LogP contribution in [0.4, 0.5) is 0 Å². The van der Waals surface area contributed by atoms with Gasteiger partial charge in [-0.2, -0.15) is 0 Å². The molecule has 56 valence electrons. The Morgan fingerprint density at radius 2 is 2.00 bits per heavy atom. The van der Waals surface area contributed by atoms with Crippen LogP contribution in [0.1, 0.15) is 13.8 Å². The van der Waals surface area contributed by atoms with Crippen molar-refractivity contribution in [3.63, 3.8) is 0 Å². The second-order valence-corrected chi connectivity index (χ2v) is 1.39. The summed E-state index contributed by atoms with van der Waals surface area (Å²) in [6.45, 7) is 4.00. The van der Waals surface area contributed by atoms with Gasteiger partial charge in [-0.3, -0.25) is 0 Å². The van der Waals surface area contributed by atoms with Crippen LogP contribution in [-0.2, 0) is 0 Å². The zero-order valence-electron chi connectivity index (χ0n) is 6.11. The number of furan rings is 1. The fourth-order valence-corrected chi connectivity index (χ4v) is 0.438. The Balaban J connectivity index is 0.000000371. The van der Waals surface area contributed by atoms with Gasteiger partial charge in [0, 0.05) is 0 Å². The summed E-state index contributed by atoms with van der Waals surface area (Å²) in [7, 11) is -1.48. The van der Waals surface area contributed by atoms with E-state index in [9.17, 15) is 0 Å². The van der Waals surface area contributed by atoms with Gasteiger partial charge in [-0.25, -0.2) is 0 Å². The van der Waals surface area contributed by atoms with Crippen molar-refractivity contribution in [3.8, 4) is 0 Å². The van der Waals surface area contributed by atoms with Crippen LogP contribution in [0.5, 0.6) is 0 Å². The second-order valence-electron chi connectivity index (χ2n) is 1.39. The average Bonchev–Trinajstić information content (AvgIpc) is 2.42. The SMILES string of the molecule is CC.OB(O)c1ccco1. The predicted molar refractivity (Wildman–Crippen MR) is 39.9 cm³/mol. The van der Waals surface area contributed by atoms with Gasteiger partial charge in [-0.1, -0.05) is 13.8 Å². The fraction of sp³-hybridized carbons (Fsp3) is 0.333. The van der Waals surface area contributed by atoms with Crippen LogP contribution < -0.4 is 5.66 Å². The average molecular weight is 142 g/mol. The molecular weight excluding hydrogens is 131 g/mol. The maximum absolute atomic E-state index is 8.37. The molecule has 10 heavy (non-hydrogen) atoms. The summed E-state index contributed by atoms with van der Waals surface area (Å²) in [5, 5.41) is 16.7. The van der Waals surface area contributed by atoms with Gasteiger partial charge in [-0.05, 0) is 12.1 Å². The van der Waals surface area contributed by atoms with Crippen LogP contribution in [0.3, 0.4) is 0 Å². The van der Waals surface area contributed by atoms with Gasteiger partial charge in [0.15, 0.2) is 0 Å². The van der Waals surface area contributed by atoms with Gasteiger partial charge in [-0.15, -0.1) is 0 Å². The first kappa shape index (κ1) is 9.26. The highest BCUT2D eigenvalue weighted by atomic mass is 16.4. The maximum atomic E-state index is 8.37. The first-order valence-corrected chi connectivity index (χ1v) is 3.20. The quantitative estimate of drug-likeness (QED) is 0.542. The summed E-state index contributed by atoms with van der Waals surface area (Å²) >= 11 is 0. The molecule has 0 bridgehead atoms. The standard InChI is InChI=1S/C4H5BO3.C2H6/c6-5(7)4-2-1-3-8-4;1-2/h1-3,6-7H;1-2H3. The Labute approximate surface area is 60.4 Å². The number of hydrogen-bond donors (Lipinski definition) is 2. The van der Waals surface area contributed by atoms with Gasteiger partial charge in [0.25, 0.3) is 0 Å². The van der Waals surface area contributed by atoms with Crippen LogP contribution in [0.15, 0.2) is 22.8 Å². The van der Waals surface area contributed by atoms with Crippen molar-refractivity contribution in [1.29, 1.82) is 0 Å². The lowest BCUT2D eigenvalue weighted by molar-refractivity contribution is 0.409. The molecule has 0 atom stereocenters. The highest BCUT2D eigenvalue weighted by molar-refractivity contribution is 6.56. The van der Waals surface area contributed by atoms with Crippen molar-refractivity contribution < 1.29 is 14.5 Å². The predicted octanol–water partition coefficient (Wildman–Crippen LogP) is -0.0144. The smallest absolute Gasteiger partial charge is 0.473 e. The van der Waals surface area contributed by atoms with E-state index in [1.165, 1.54) is 12.3 Å². The lowest BCUT2D eigenvalue weighted by Gasteiger charge is -1.86. The minimum atomic E-state index is -1.48. The van der Waals surface area contributed by atoms with Crippen molar-refractivity contribution in [2.45, 2.75) is 13.8 Å². The molecule has 1 aromatic rings. The van der Waals surface area contributed by atoms with Gasteiger partial charge in [0.2, 0.25) is 0 Å². The molecule has 0 spiro atoms. The topological polar surface area (TPSA) is 53.6 Å². The molecule has 2 N–H and O–H groups in total. The van der Waals surface area contributed by atoms with E-state index in [4.69, 9.17) is 10.0 Å². The highest BCUT2D eigenvalue weighted by Crippen LogP contribution is 1.82. The van der Waals surface area contributed by atoms with Gasteiger partial charge < -0.3 is 14.5 Å². The van der Waals surface area contributed by atoms with E-state index in [-0.39, 0.29) is 5.66 Å². The zero-order chi connectivity index (χ0) is 7.98. The van der Waals surface area contributed by atoms with Crippen molar-refractivity contribution in [2.24, 2.45) is 0 Å². The van der Waals surface area contributed by atoms with Crippen LogP contribution in [0.2, 0.25) is 0 Å². The van der Waals surface area contributed by atoms with E-state index in [1.54, 1.807) is 6.07 Å². The minimum absolute atomic E-state index is 0.171. The molecule has 3 nitrogen and oxygen atoms in total. The molecule has 0 aliphatic heterocycles. The molecule has 1 heterocycles. The molecule has 0 amide bonds. The van der Waals surface area contributed by atoms with E-state index in [1.807, 2.05) is 13.8 Å². The third-order valence-electron chi connectivity index (χ3n) is 0.798. The molecule has 0 aliphatic carbocycles. The summed E-state index contributed by atoms with van der Waals surface area (Å²) in [6.07, 6.45) is 1.38. The van der Waals surface area contributed by atoms with Crippen molar-refractivity contribution in [1.82, 2.24) is 0 Å². The summed E-state index contributed by atoms with van der Waals surface area (Å²) in [5.41, 5.74) is 0.171. The number of hydrogen-bond acceptors (Lipinski definition) is 3. The minimum Gasteiger partial charge on any atom is -0.473 e. The van der Waals surface area contributed by atoms with Crippen LogP contribution in [0.25, 0.3) is 0 Å². The third-order valence-corrected chi connectivity index (χ3v) is 0.798. The lowest BCUT2D eigenvalue weighted by Crippen LogP contribution is -2.27. The Bertz CT molecular complexity index is 148. The Morgan fingerprint density at radius 1 is 1.40 bits per heavy atom. The van der Waals surface area contributed by atoms with E-state index < -0.39 is 7.12 Å². The molecule has 0 fully saturated rings. The first-order valence-electron chi connectivity index (χ1n) is 3.20. The third kappa shape index (κ3) is 2.71. The van der Waals surface area contributed by atoms with Crippen LogP contribution in [0, 0.1) is 0 Å². The van der Waals surface area contributed by atoms with Crippen molar-refractivity contribution in [2.75, 3.05) is 0 Å².